The fraction of sp³-hybridized carbons (Fsp3) is 0.692. The van der Waals surface area contributed by atoms with Crippen LogP contribution in [0.15, 0.2) is 6.20 Å². The number of halogens is 1. The molecule has 0 amide bonds. The van der Waals surface area contributed by atoms with Crippen molar-refractivity contribution in [1.82, 2.24) is 19.8 Å². The van der Waals surface area contributed by atoms with E-state index in [1.807, 2.05) is 6.20 Å². The van der Waals surface area contributed by atoms with Gasteiger partial charge in [0.15, 0.2) is 0 Å². The van der Waals surface area contributed by atoms with Crippen molar-refractivity contribution < 1.29 is 0 Å². The van der Waals surface area contributed by atoms with Gasteiger partial charge in [0.25, 0.3) is 0 Å². The van der Waals surface area contributed by atoms with E-state index < -0.39 is 0 Å². The first-order valence-corrected chi connectivity index (χ1v) is 8.08. The van der Waals surface area contributed by atoms with Gasteiger partial charge in [-0.05, 0) is 29.0 Å². The molecule has 6 heteroatoms. The van der Waals surface area contributed by atoms with E-state index in [0.29, 0.717) is 6.04 Å². The van der Waals surface area contributed by atoms with Crippen LogP contribution >= 0.6 is 22.6 Å². The maximum Gasteiger partial charge on any atom is 0.149 e. The number of piperazine rings is 3. The summed E-state index contributed by atoms with van der Waals surface area (Å²) in [6, 6.07) is 0.377. The fourth-order valence-electron chi connectivity index (χ4n) is 2.77. The van der Waals surface area contributed by atoms with Crippen molar-refractivity contribution >= 4 is 28.4 Å². The summed E-state index contributed by atoms with van der Waals surface area (Å²) in [5, 5.41) is 3.40. The third kappa shape index (κ3) is 2.85. The van der Waals surface area contributed by atoms with Crippen LogP contribution in [-0.2, 0) is 0 Å². The largest absolute Gasteiger partial charge is 0.369 e. The van der Waals surface area contributed by atoms with E-state index in [9.17, 15) is 0 Å². The zero-order valence-corrected chi connectivity index (χ0v) is 13.4. The lowest BCUT2D eigenvalue weighted by atomic mass is 10.1. The molecule has 1 atom stereocenters. The van der Waals surface area contributed by atoms with Gasteiger partial charge in [0.05, 0.1) is 9.61 Å². The predicted octanol–water partition coefficient (Wildman–Crippen LogP) is 1.58. The average Bonchev–Trinajstić information content (AvgIpc) is 2.47. The SMILES string of the molecule is CCCNc1nc(C2CN3CCN2CC3)ncc1I. The maximum atomic E-state index is 4.75. The molecule has 5 nitrogen and oxygen atoms in total. The molecule has 104 valence electrons. The number of hydrogen-bond acceptors (Lipinski definition) is 5. The van der Waals surface area contributed by atoms with Gasteiger partial charge in [0.2, 0.25) is 0 Å². The average molecular weight is 373 g/mol. The minimum atomic E-state index is 0.377. The van der Waals surface area contributed by atoms with E-state index in [0.717, 1.165) is 47.8 Å². The Balaban J connectivity index is 1.80. The Morgan fingerprint density at radius 2 is 2.16 bits per heavy atom. The summed E-state index contributed by atoms with van der Waals surface area (Å²) in [5.41, 5.74) is 0. The lowest BCUT2D eigenvalue weighted by Gasteiger charge is -2.46. The first-order chi connectivity index (χ1) is 9.28. The highest BCUT2D eigenvalue weighted by Gasteiger charge is 2.34. The Morgan fingerprint density at radius 1 is 1.37 bits per heavy atom. The van der Waals surface area contributed by atoms with Gasteiger partial charge in [0.1, 0.15) is 11.6 Å². The lowest BCUT2D eigenvalue weighted by Crippen LogP contribution is -2.57. The van der Waals surface area contributed by atoms with E-state index in [4.69, 9.17) is 4.98 Å². The second kappa shape index (κ2) is 5.88. The van der Waals surface area contributed by atoms with Crippen LogP contribution in [0.1, 0.15) is 25.2 Å². The van der Waals surface area contributed by atoms with Crippen molar-refractivity contribution in [3.8, 4) is 0 Å². The first kappa shape index (κ1) is 13.5. The molecule has 0 spiro atoms. The lowest BCUT2D eigenvalue weighted by molar-refractivity contribution is 0.00868. The van der Waals surface area contributed by atoms with Crippen LogP contribution in [0.25, 0.3) is 0 Å². The van der Waals surface area contributed by atoms with Crippen molar-refractivity contribution in [2.24, 2.45) is 0 Å². The smallest absolute Gasteiger partial charge is 0.149 e. The molecule has 3 aliphatic rings. The highest BCUT2D eigenvalue weighted by atomic mass is 127. The zero-order valence-electron chi connectivity index (χ0n) is 11.3. The van der Waals surface area contributed by atoms with Crippen molar-refractivity contribution in [2.75, 3.05) is 44.6 Å². The predicted molar refractivity (Wildman–Crippen MR) is 84.3 cm³/mol. The molecule has 1 aromatic heterocycles. The highest BCUT2D eigenvalue weighted by Crippen LogP contribution is 2.27. The van der Waals surface area contributed by atoms with Crippen molar-refractivity contribution in [1.29, 1.82) is 0 Å². The van der Waals surface area contributed by atoms with Crippen LogP contribution in [0, 0.1) is 3.57 Å². The fourth-order valence-corrected chi connectivity index (χ4v) is 3.22. The van der Waals surface area contributed by atoms with Crippen LogP contribution in [0.2, 0.25) is 0 Å². The van der Waals surface area contributed by atoms with Gasteiger partial charge in [-0.3, -0.25) is 9.80 Å². The number of nitrogens with one attached hydrogen (secondary N) is 1. The second-order valence-electron chi connectivity index (χ2n) is 5.20. The number of aromatic nitrogens is 2. The van der Waals surface area contributed by atoms with Crippen molar-refractivity contribution in [3.05, 3.63) is 15.6 Å². The summed E-state index contributed by atoms with van der Waals surface area (Å²) in [7, 11) is 0. The zero-order chi connectivity index (χ0) is 13.2. The molecule has 3 fully saturated rings. The third-order valence-electron chi connectivity index (χ3n) is 3.88. The number of hydrogen-bond donors (Lipinski definition) is 1. The van der Waals surface area contributed by atoms with Crippen molar-refractivity contribution in [2.45, 2.75) is 19.4 Å². The normalized spacial score (nSPS) is 29.5. The van der Waals surface area contributed by atoms with Crippen LogP contribution < -0.4 is 5.32 Å². The quantitative estimate of drug-likeness (QED) is 0.812. The first-order valence-electron chi connectivity index (χ1n) is 7.00. The summed E-state index contributed by atoms with van der Waals surface area (Å²) in [4.78, 5) is 14.4. The molecule has 3 saturated heterocycles. The summed E-state index contributed by atoms with van der Waals surface area (Å²) in [6.07, 6.45) is 3.05. The number of rotatable bonds is 4. The Labute approximate surface area is 127 Å². The molecule has 1 aromatic rings. The monoisotopic (exact) mass is 373 g/mol. The van der Waals surface area contributed by atoms with Crippen molar-refractivity contribution in [3.63, 3.8) is 0 Å². The molecular weight excluding hydrogens is 353 g/mol. The van der Waals surface area contributed by atoms with Gasteiger partial charge in [-0.15, -0.1) is 0 Å². The van der Waals surface area contributed by atoms with Crippen LogP contribution in [0.4, 0.5) is 5.82 Å². The summed E-state index contributed by atoms with van der Waals surface area (Å²) < 4.78 is 1.10. The molecule has 19 heavy (non-hydrogen) atoms. The Bertz CT molecular complexity index is 445. The highest BCUT2D eigenvalue weighted by molar-refractivity contribution is 14.1. The summed E-state index contributed by atoms with van der Waals surface area (Å²) in [6.45, 7) is 8.90. The van der Waals surface area contributed by atoms with Gasteiger partial charge in [0, 0.05) is 45.5 Å². The van der Waals surface area contributed by atoms with Crippen LogP contribution in [-0.4, -0.2) is 59.0 Å². The molecule has 1 N–H and O–H groups in total. The topological polar surface area (TPSA) is 44.3 Å². The Morgan fingerprint density at radius 3 is 2.79 bits per heavy atom. The molecule has 3 aliphatic heterocycles. The molecule has 0 saturated carbocycles. The van der Waals surface area contributed by atoms with E-state index >= 15 is 0 Å². The second-order valence-corrected chi connectivity index (χ2v) is 6.37. The van der Waals surface area contributed by atoms with Gasteiger partial charge in [-0.2, -0.15) is 0 Å². The minimum absolute atomic E-state index is 0.377. The maximum absolute atomic E-state index is 4.75. The summed E-state index contributed by atoms with van der Waals surface area (Å²) >= 11 is 2.30. The van der Waals surface area contributed by atoms with E-state index in [1.165, 1.54) is 13.1 Å². The van der Waals surface area contributed by atoms with Gasteiger partial charge in [-0.25, -0.2) is 9.97 Å². The molecule has 4 rings (SSSR count). The molecular formula is C13H20IN5. The summed E-state index contributed by atoms with van der Waals surface area (Å²) in [5.74, 6) is 1.97. The minimum Gasteiger partial charge on any atom is -0.369 e. The van der Waals surface area contributed by atoms with Crippen LogP contribution in [0.5, 0.6) is 0 Å². The van der Waals surface area contributed by atoms with E-state index in [2.05, 4.69) is 49.6 Å². The Hall–Kier alpha value is -0.470. The molecule has 1 unspecified atom stereocenters. The van der Waals surface area contributed by atoms with E-state index in [1.54, 1.807) is 0 Å². The van der Waals surface area contributed by atoms with Crippen LogP contribution in [0.3, 0.4) is 0 Å². The van der Waals surface area contributed by atoms with Gasteiger partial charge in [-0.1, -0.05) is 6.92 Å². The standard InChI is InChI=1S/C13H20IN5/c1-2-3-15-12-10(14)8-16-13(17-12)11-9-18-4-6-19(11)7-5-18/h8,11H,2-7,9H2,1H3,(H,15,16,17). The van der Waals surface area contributed by atoms with E-state index in [-0.39, 0.29) is 0 Å². The molecule has 0 radical (unpaired) electrons. The number of fused-ring (bicyclic) bond motifs is 3. The number of nitrogens with zero attached hydrogens (tertiary/aromatic N) is 4. The van der Waals surface area contributed by atoms with Gasteiger partial charge >= 0.3 is 0 Å². The molecule has 4 heterocycles. The molecule has 0 aliphatic carbocycles. The van der Waals surface area contributed by atoms with Gasteiger partial charge < -0.3 is 5.32 Å². The Kier molecular flexibility index (Phi) is 4.18. The molecule has 0 aromatic carbocycles. The molecule has 2 bridgehead atoms. The third-order valence-corrected chi connectivity index (χ3v) is 4.67. The number of anilines is 1.